The van der Waals surface area contributed by atoms with Crippen LogP contribution in [0.5, 0.6) is 0 Å². The van der Waals surface area contributed by atoms with Gasteiger partial charge in [-0.25, -0.2) is 0 Å². The molecule has 1 amide bonds. The molecule has 5 nitrogen and oxygen atoms in total. The van der Waals surface area contributed by atoms with E-state index in [9.17, 15) is 9.59 Å². The van der Waals surface area contributed by atoms with Crippen molar-refractivity contribution in [2.45, 2.75) is 58.1 Å². The zero-order valence-electron chi connectivity index (χ0n) is 10.9. The van der Waals surface area contributed by atoms with Gasteiger partial charge in [0.25, 0.3) is 0 Å². The molecule has 5 heteroatoms. The van der Waals surface area contributed by atoms with Gasteiger partial charge < -0.3 is 15.2 Å². The van der Waals surface area contributed by atoms with Gasteiger partial charge in [0.2, 0.25) is 5.91 Å². The molecule has 0 saturated heterocycles. The van der Waals surface area contributed by atoms with Gasteiger partial charge in [0.05, 0.1) is 12.5 Å². The van der Waals surface area contributed by atoms with Gasteiger partial charge in [-0.05, 0) is 19.8 Å². The van der Waals surface area contributed by atoms with Crippen molar-refractivity contribution in [1.29, 1.82) is 0 Å². The first kappa shape index (κ1) is 15.9. The third-order valence-electron chi connectivity index (χ3n) is 2.60. The number of methoxy groups -OCH3 is 1. The molecule has 0 aromatic rings. The van der Waals surface area contributed by atoms with Crippen LogP contribution in [0.1, 0.15) is 46.0 Å². The molecule has 2 atom stereocenters. The van der Waals surface area contributed by atoms with Crippen LogP contribution >= 0.6 is 0 Å². The molecule has 17 heavy (non-hydrogen) atoms. The molecule has 0 aliphatic rings. The first-order chi connectivity index (χ1) is 7.99. The quantitative estimate of drug-likeness (QED) is 0.646. The number of carboxylic acid groups (broad SMARTS) is 1. The third kappa shape index (κ3) is 8.68. The Labute approximate surface area is 103 Å². The normalized spacial score (nSPS) is 14.1. The molecule has 2 N–H and O–H groups in total. The fourth-order valence-electron chi connectivity index (χ4n) is 1.54. The highest BCUT2D eigenvalue weighted by atomic mass is 16.5. The van der Waals surface area contributed by atoms with Gasteiger partial charge in [-0.3, -0.25) is 9.59 Å². The maximum absolute atomic E-state index is 11.6. The Bertz CT molecular complexity index is 243. The number of carbonyl (C=O) groups excluding carboxylic acids is 1. The van der Waals surface area contributed by atoms with E-state index in [4.69, 9.17) is 9.84 Å². The molecule has 0 aliphatic carbocycles. The van der Waals surface area contributed by atoms with Gasteiger partial charge in [0.15, 0.2) is 0 Å². The topological polar surface area (TPSA) is 75.6 Å². The Morgan fingerprint density at radius 2 is 2.00 bits per heavy atom. The number of rotatable bonds is 9. The maximum atomic E-state index is 11.6. The van der Waals surface area contributed by atoms with Crippen molar-refractivity contribution >= 4 is 11.9 Å². The molecular formula is C12H23NO4. The predicted molar refractivity (Wildman–Crippen MR) is 64.8 cm³/mol. The minimum atomic E-state index is -0.881. The van der Waals surface area contributed by atoms with Crippen molar-refractivity contribution in [2.24, 2.45) is 0 Å². The van der Waals surface area contributed by atoms with E-state index in [1.807, 2.05) is 13.8 Å². The smallest absolute Gasteiger partial charge is 0.305 e. The number of hydrogen-bond acceptors (Lipinski definition) is 3. The molecule has 0 heterocycles. The minimum Gasteiger partial charge on any atom is -0.481 e. The molecule has 2 unspecified atom stereocenters. The predicted octanol–water partition coefficient (Wildman–Crippen LogP) is 1.56. The molecule has 0 spiro atoms. The van der Waals surface area contributed by atoms with Crippen LogP contribution in [0.15, 0.2) is 0 Å². The van der Waals surface area contributed by atoms with Crippen molar-refractivity contribution < 1.29 is 19.4 Å². The van der Waals surface area contributed by atoms with Crippen LogP contribution in [-0.2, 0) is 14.3 Å². The Balaban J connectivity index is 3.98. The zero-order chi connectivity index (χ0) is 13.3. The monoisotopic (exact) mass is 245 g/mol. The van der Waals surface area contributed by atoms with Crippen LogP contribution in [0.2, 0.25) is 0 Å². The van der Waals surface area contributed by atoms with Crippen LogP contribution in [0.25, 0.3) is 0 Å². The maximum Gasteiger partial charge on any atom is 0.305 e. The van der Waals surface area contributed by atoms with Crippen LogP contribution in [0, 0.1) is 0 Å². The highest BCUT2D eigenvalue weighted by Crippen LogP contribution is 2.04. The summed E-state index contributed by atoms with van der Waals surface area (Å²) in [6, 6.07) is -0.261. The number of carboxylic acids is 1. The summed E-state index contributed by atoms with van der Waals surface area (Å²) in [6.07, 6.45) is 2.59. The Morgan fingerprint density at radius 1 is 1.35 bits per heavy atom. The summed E-state index contributed by atoms with van der Waals surface area (Å²) in [5.41, 5.74) is 0. The van der Waals surface area contributed by atoms with E-state index in [1.54, 1.807) is 7.11 Å². The molecule has 0 rings (SSSR count). The molecule has 0 aliphatic heterocycles. The van der Waals surface area contributed by atoms with Crippen molar-refractivity contribution in [3.8, 4) is 0 Å². The highest BCUT2D eigenvalue weighted by molar-refractivity contribution is 5.77. The highest BCUT2D eigenvalue weighted by Gasteiger charge is 2.15. The summed E-state index contributed by atoms with van der Waals surface area (Å²) < 4.78 is 5.04. The van der Waals surface area contributed by atoms with Crippen LogP contribution < -0.4 is 5.32 Å². The number of nitrogens with one attached hydrogen (secondary N) is 1. The molecule has 0 bridgehead atoms. The fourth-order valence-corrected chi connectivity index (χ4v) is 1.54. The Hall–Kier alpha value is -1.10. The van der Waals surface area contributed by atoms with Gasteiger partial charge in [0, 0.05) is 19.6 Å². The number of hydrogen-bond donors (Lipinski definition) is 2. The van der Waals surface area contributed by atoms with E-state index in [0.717, 1.165) is 6.42 Å². The molecular weight excluding hydrogens is 222 g/mol. The second-order valence-corrected chi connectivity index (χ2v) is 4.24. The van der Waals surface area contributed by atoms with Crippen LogP contribution in [0.4, 0.5) is 0 Å². The lowest BCUT2D eigenvalue weighted by molar-refractivity contribution is -0.137. The number of carbonyl (C=O) groups is 2. The number of aliphatic carboxylic acids is 1. The van der Waals surface area contributed by atoms with Crippen molar-refractivity contribution in [3.05, 3.63) is 0 Å². The van der Waals surface area contributed by atoms with Crippen molar-refractivity contribution in [3.63, 3.8) is 0 Å². The van der Waals surface area contributed by atoms with E-state index in [-0.39, 0.29) is 24.5 Å². The van der Waals surface area contributed by atoms with Crippen LogP contribution in [-0.4, -0.2) is 36.2 Å². The van der Waals surface area contributed by atoms with E-state index >= 15 is 0 Å². The molecule has 0 radical (unpaired) electrons. The Morgan fingerprint density at radius 3 is 2.47 bits per heavy atom. The first-order valence-electron chi connectivity index (χ1n) is 6.03. The standard InChI is InChI=1S/C12H23NO4/c1-4-5-10(8-12(15)16)13-11(14)7-6-9(2)17-3/h9-10H,4-8H2,1-3H3,(H,13,14)(H,15,16). The van der Waals surface area contributed by atoms with Crippen LogP contribution in [0.3, 0.4) is 0 Å². The second kappa shape index (κ2) is 8.98. The summed E-state index contributed by atoms with van der Waals surface area (Å²) in [5.74, 6) is -0.984. The van der Waals surface area contributed by atoms with Gasteiger partial charge >= 0.3 is 5.97 Å². The van der Waals surface area contributed by atoms with E-state index in [0.29, 0.717) is 19.3 Å². The number of amides is 1. The molecule has 0 aromatic heterocycles. The molecule has 0 saturated carbocycles. The van der Waals surface area contributed by atoms with E-state index < -0.39 is 5.97 Å². The lowest BCUT2D eigenvalue weighted by Crippen LogP contribution is -2.36. The number of ether oxygens (including phenoxy) is 1. The lowest BCUT2D eigenvalue weighted by atomic mass is 10.1. The SMILES string of the molecule is CCCC(CC(=O)O)NC(=O)CCC(C)OC. The zero-order valence-corrected chi connectivity index (χ0v) is 10.9. The summed E-state index contributed by atoms with van der Waals surface area (Å²) in [5, 5.41) is 11.5. The van der Waals surface area contributed by atoms with E-state index in [1.165, 1.54) is 0 Å². The van der Waals surface area contributed by atoms with Crippen molar-refractivity contribution in [2.75, 3.05) is 7.11 Å². The summed E-state index contributed by atoms with van der Waals surface area (Å²) in [7, 11) is 1.60. The molecule has 0 aromatic carbocycles. The van der Waals surface area contributed by atoms with Gasteiger partial charge in [-0.2, -0.15) is 0 Å². The average Bonchev–Trinajstić information content (AvgIpc) is 2.25. The lowest BCUT2D eigenvalue weighted by Gasteiger charge is -2.16. The summed E-state index contributed by atoms with van der Waals surface area (Å²) in [6.45, 7) is 3.86. The molecule has 0 fully saturated rings. The van der Waals surface area contributed by atoms with Gasteiger partial charge in [-0.1, -0.05) is 13.3 Å². The van der Waals surface area contributed by atoms with Gasteiger partial charge in [0.1, 0.15) is 0 Å². The third-order valence-corrected chi connectivity index (χ3v) is 2.60. The first-order valence-corrected chi connectivity index (χ1v) is 6.03. The van der Waals surface area contributed by atoms with E-state index in [2.05, 4.69) is 5.32 Å². The largest absolute Gasteiger partial charge is 0.481 e. The average molecular weight is 245 g/mol. The second-order valence-electron chi connectivity index (χ2n) is 4.24. The molecule has 100 valence electrons. The Kier molecular flexibility index (Phi) is 8.40. The summed E-state index contributed by atoms with van der Waals surface area (Å²) >= 11 is 0. The minimum absolute atomic E-state index is 0.0145. The van der Waals surface area contributed by atoms with Crippen molar-refractivity contribution in [1.82, 2.24) is 5.32 Å². The van der Waals surface area contributed by atoms with Gasteiger partial charge in [-0.15, -0.1) is 0 Å². The fraction of sp³-hybridized carbons (Fsp3) is 0.833. The summed E-state index contributed by atoms with van der Waals surface area (Å²) in [4.78, 5) is 22.2.